The Bertz CT molecular complexity index is 407. The Kier molecular flexibility index (Phi) is 3.50. The highest BCUT2D eigenvalue weighted by Gasteiger charge is 2.40. The molecule has 1 aromatic carbocycles. The van der Waals surface area contributed by atoms with E-state index in [4.69, 9.17) is 0 Å². The van der Waals surface area contributed by atoms with Crippen LogP contribution in [0.5, 0.6) is 0 Å². The molecule has 0 saturated carbocycles. The zero-order valence-electron chi connectivity index (χ0n) is 10.5. The molecule has 1 heterocycles. The Labute approximate surface area is 102 Å². The van der Waals surface area contributed by atoms with Gasteiger partial charge in [-0.25, -0.2) is 4.39 Å². The zero-order chi connectivity index (χ0) is 12.5. The van der Waals surface area contributed by atoms with E-state index in [1.165, 1.54) is 0 Å². The van der Waals surface area contributed by atoms with E-state index in [1.807, 2.05) is 19.1 Å². The first-order valence-electron chi connectivity index (χ1n) is 6.18. The summed E-state index contributed by atoms with van der Waals surface area (Å²) in [7, 11) is 0. The molecule has 0 bridgehead atoms. The number of aliphatic hydroxyl groups excluding tert-OH is 1. The minimum absolute atomic E-state index is 0.00975. The number of benzene rings is 1. The van der Waals surface area contributed by atoms with Crippen molar-refractivity contribution in [1.29, 1.82) is 0 Å². The van der Waals surface area contributed by atoms with Crippen LogP contribution in [0.25, 0.3) is 0 Å². The monoisotopic (exact) mass is 237 g/mol. The molecule has 17 heavy (non-hydrogen) atoms. The highest BCUT2D eigenvalue weighted by atomic mass is 19.1. The molecule has 0 spiro atoms. The summed E-state index contributed by atoms with van der Waals surface area (Å²) in [6, 6.07) is 5.31. The number of rotatable bonds is 2. The summed E-state index contributed by atoms with van der Waals surface area (Å²) in [5, 5.41) is 13.1. The molecule has 1 aliphatic rings. The third-order valence-electron chi connectivity index (χ3n) is 4.08. The van der Waals surface area contributed by atoms with Gasteiger partial charge in [-0.15, -0.1) is 0 Å². The summed E-state index contributed by atoms with van der Waals surface area (Å²) < 4.78 is 14.1. The fraction of sp³-hybridized carbons (Fsp3) is 0.571. The smallest absolute Gasteiger partial charge is 0.127 e. The van der Waals surface area contributed by atoms with Gasteiger partial charge in [0.1, 0.15) is 5.82 Å². The standard InChI is InChI=1S/C14H20FNO/c1-10-3-4-12(13(15)7-10)14(9-17)5-6-16-8-11(14)2/h3-4,7,11,16-17H,5-6,8-9H2,1-2H3/t11-,14-/m0/s1. The Morgan fingerprint density at radius 3 is 2.88 bits per heavy atom. The third-order valence-corrected chi connectivity index (χ3v) is 4.08. The van der Waals surface area contributed by atoms with Gasteiger partial charge in [0.25, 0.3) is 0 Å². The number of hydrogen-bond acceptors (Lipinski definition) is 2. The second kappa shape index (κ2) is 4.75. The Balaban J connectivity index is 2.46. The number of nitrogens with one attached hydrogen (secondary N) is 1. The van der Waals surface area contributed by atoms with Crippen LogP contribution in [-0.4, -0.2) is 24.8 Å². The molecule has 2 rings (SSSR count). The maximum atomic E-state index is 14.1. The molecule has 0 aliphatic carbocycles. The maximum Gasteiger partial charge on any atom is 0.127 e. The van der Waals surface area contributed by atoms with Crippen LogP contribution in [0.15, 0.2) is 18.2 Å². The summed E-state index contributed by atoms with van der Waals surface area (Å²) >= 11 is 0. The second-order valence-electron chi connectivity index (χ2n) is 5.15. The summed E-state index contributed by atoms with van der Waals surface area (Å²) in [6.45, 7) is 5.62. The molecule has 94 valence electrons. The molecule has 2 atom stereocenters. The van der Waals surface area contributed by atoms with Crippen LogP contribution in [-0.2, 0) is 5.41 Å². The quantitative estimate of drug-likeness (QED) is 0.824. The van der Waals surface area contributed by atoms with E-state index in [-0.39, 0.29) is 18.3 Å². The lowest BCUT2D eigenvalue weighted by Gasteiger charge is -2.42. The minimum atomic E-state index is -0.428. The van der Waals surface area contributed by atoms with Crippen molar-refractivity contribution in [2.75, 3.05) is 19.7 Å². The first-order valence-corrected chi connectivity index (χ1v) is 6.18. The molecule has 0 aromatic heterocycles. The van der Waals surface area contributed by atoms with Gasteiger partial charge < -0.3 is 10.4 Å². The first kappa shape index (κ1) is 12.5. The summed E-state index contributed by atoms with van der Waals surface area (Å²) in [6.07, 6.45) is 0.782. The predicted octanol–water partition coefficient (Wildman–Crippen LogP) is 1.99. The molecule has 0 radical (unpaired) electrons. The summed E-state index contributed by atoms with van der Waals surface area (Å²) in [4.78, 5) is 0. The number of piperidine rings is 1. The maximum absolute atomic E-state index is 14.1. The molecule has 0 amide bonds. The van der Waals surface area contributed by atoms with Crippen molar-refractivity contribution in [2.45, 2.75) is 25.7 Å². The zero-order valence-corrected chi connectivity index (χ0v) is 10.5. The average Bonchev–Trinajstić information content (AvgIpc) is 2.31. The molecule has 2 N–H and O–H groups in total. The molecule has 1 saturated heterocycles. The number of aliphatic hydroxyl groups is 1. The fourth-order valence-electron chi connectivity index (χ4n) is 2.82. The Morgan fingerprint density at radius 1 is 1.53 bits per heavy atom. The largest absolute Gasteiger partial charge is 0.395 e. The number of hydrogen-bond donors (Lipinski definition) is 2. The molecular formula is C14H20FNO. The van der Waals surface area contributed by atoms with E-state index >= 15 is 0 Å². The topological polar surface area (TPSA) is 32.3 Å². The van der Waals surface area contributed by atoms with Gasteiger partial charge in [0.2, 0.25) is 0 Å². The van der Waals surface area contributed by atoms with Crippen LogP contribution in [0.4, 0.5) is 4.39 Å². The summed E-state index contributed by atoms with van der Waals surface area (Å²) in [5.74, 6) is 0.0475. The van der Waals surface area contributed by atoms with Gasteiger partial charge in [-0.1, -0.05) is 19.1 Å². The van der Waals surface area contributed by atoms with Gasteiger partial charge in [-0.3, -0.25) is 0 Å². The molecular weight excluding hydrogens is 217 g/mol. The Hall–Kier alpha value is -0.930. The van der Waals surface area contributed by atoms with Crippen molar-refractivity contribution in [3.63, 3.8) is 0 Å². The highest BCUT2D eigenvalue weighted by Crippen LogP contribution is 2.38. The normalized spacial score (nSPS) is 29.3. The molecule has 3 heteroatoms. The van der Waals surface area contributed by atoms with Crippen molar-refractivity contribution < 1.29 is 9.50 Å². The van der Waals surface area contributed by atoms with E-state index < -0.39 is 5.41 Å². The lowest BCUT2D eigenvalue weighted by atomic mass is 9.67. The van der Waals surface area contributed by atoms with Crippen LogP contribution in [0.1, 0.15) is 24.5 Å². The van der Waals surface area contributed by atoms with Gasteiger partial charge in [0.05, 0.1) is 6.61 Å². The predicted molar refractivity (Wildman–Crippen MR) is 66.6 cm³/mol. The van der Waals surface area contributed by atoms with Gasteiger partial charge in [0.15, 0.2) is 0 Å². The van der Waals surface area contributed by atoms with Gasteiger partial charge >= 0.3 is 0 Å². The van der Waals surface area contributed by atoms with Gasteiger partial charge in [0, 0.05) is 5.41 Å². The van der Waals surface area contributed by atoms with E-state index in [1.54, 1.807) is 6.07 Å². The number of halogens is 1. The van der Waals surface area contributed by atoms with Gasteiger partial charge in [-0.2, -0.15) is 0 Å². The van der Waals surface area contributed by atoms with Crippen molar-refractivity contribution >= 4 is 0 Å². The van der Waals surface area contributed by atoms with Crippen LogP contribution < -0.4 is 5.32 Å². The first-order chi connectivity index (χ1) is 8.10. The third kappa shape index (κ3) is 2.09. The molecule has 1 fully saturated rings. The molecule has 0 unspecified atom stereocenters. The van der Waals surface area contributed by atoms with E-state index in [0.717, 1.165) is 25.1 Å². The van der Waals surface area contributed by atoms with Gasteiger partial charge in [-0.05, 0) is 49.5 Å². The van der Waals surface area contributed by atoms with Crippen LogP contribution in [0.3, 0.4) is 0 Å². The van der Waals surface area contributed by atoms with E-state index in [9.17, 15) is 9.50 Å². The van der Waals surface area contributed by atoms with Crippen molar-refractivity contribution in [2.24, 2.45) is 5.92 Å². The molecule has 2 nitrogen and oxygen atoms in total. The van der Waals surface area contributed by atoms with E-state index in [2.05, 4.69) is 12.2 Å². The Morgan fingerprint density at radius 2 is 2.29 bits per heavy atom. The van der Waals surface area contributed by atoms with Crippen LogP contribution in [0.2, 0.25) is 0 Å². The minimum Gasteiger partial charge on any atom is -0.395 e. The van der Waals surface area contributed by atoms with Crippen molar-refractivity contribution in [3.05, 3.63) is 35.1 Å². The van der Waals surface area contributed by atoms with Crippen LogP contribution >= 0.6 is 0 Å². The lowest BCUT2D eigenvalue weighted by Crippen LogP contribution is -2.49. The summed E-state index contributed by atoms with van der Waals surface area (Å²) in [5.41, 5.74) is 1.16. The lowest BCUT2D eigenvalue weighted by molar-refractivity contribution is 0.109. The highest BCUT2D eigenvalue weighted by molar-refractivity contribution is 5.32. The van der Waals surface area contributed by atoms with Crippen molar-refractivity contribution in [3.8, 4) is 0 Å². The molecule has 1 aromatic rings. The second-order valence-corrected chi connectivity index (χ2v) is 5.15. The number of aryl methyl sites for hydroxylation is 1. The average molecular weight is 237 g/mol. The van der Waals surface area contributed by atoms with Crippen molar-refractivity contribution in [1.82, 2.24) is 5.32 Å². The van der Waals surface area contributed by atoms with Crippen LogP contribution in [0, 0.1) is 18.7 Å². The SMILES string of the molecule is Cc1ccc([C@]2(CO)CCNC[C@@H]2C)c(F)c1. The fourth-order valence-corrected chi connectivity index (χ4v) is 2.82. The molecule has 1 aliphatic heterocycles. The van der Waals surface area contributed by atoms with E-state index in [0.29, 0.717) is 5.56 Å².